The third-order valence-corrected chi connectivity index (χ3v) is 5.02. The Hall–Kier alpha value is -1.98. The smallest absolute Gasteiger partial charge is 0.0900 e. The summed E-state index contributed by atoms with van der Waals surface area (Å²) in [7, 11) is 0. The molecule has 3 rings (SSSR count). The lowest BCUT2D eigenvalue weighted by atomic mass is 9.96. The van der Waals surface area contributed by atoms with E-state index in [1.807, 2.05) is 0 Å². The minimum Gasteiger partial charge on any atom is -0.389 e. The van der Waals surface area contributed by atoms with Gasteiger partial charge in [-0.05, 0) is 11.1 Å². The van der Waals surface area contributed by atoms with Crippen molar-refractivity contribution < 1.29 is 9.84 Å². The van der Waals surface area contributed by atoms with Crippen LogP contribution in [0.15, 0.2) is 73.3 Å². The zero-order chi connectivity index (χ0) is 18.9. The Morgan fingerprint density at radius 3 is 2.00 bits per heavy atom. The molecule has 1 unspecified atom stereocenters. The molecule has 1 aliphatic heterocycles. The normalized spacial score (nSPS) is 17.1. The molecule has 1 saturated heterocycles. The van der Waals surface area contributed by atoms with Gasteiger partial charge in [-0.25, -0.2) is 0 Å². The van der Waals surface area contributed by atoms with Crippen LogP contribution in [0.25, 0.3) is 0 Å². The first kappa shape index (κ1) is 19.8. The van der Waals surface area contributed by atoms with Crippen LogP contribution in [0.5, 0.6) is 0 Å². The molecule has 4 nitrogen and oxygen atoms in total. The van der Waals surface area contributed by atoms with Crippen molar-refractivity contribution in [2.24, 2.45) is 0 Å². The molecule has 27 heavy (non-hydrogen) atoms. The Kier molecular flexibility index (Phi) is 7.60. The average Bonchev–Trinajstić information content (AvgIpc) is 2.71. The summed E-state index contributed by atoms with van der Waals surface area (Å²) in [6.45, 7) is 9.00. The monoisotopic (exact) mass is 366 g/mol. The van der Waals surface area contributed by atoms with E-state index >= 15 is 0 Å². The second-order valence-electron chi connectivity index (χ2n) is 7.04. The third kappa shape index (κ3) is 5.75. The van der Waals surface area contributed by atoms with Crippen molar-refractivity contribution in [1.29, 1.82) is 0 Å². The van der Waals surface area contributed by atoms with Crippen molar-refractivity contribution >= 4 is 0 Å². The summed E-state index contributed by atoms with van der Waals surface area (Å²) < 4.78 is 5.36. The molecule has 1 N–H and O–H groups in total. The summed E-state index contributed by atoms with van der Waals surface area (Å²) in [6.07, 6.45) is 1.26. The molecule has 0 radical (unpaired) electrons. The van der Waals surface area contributed by atoms with Crippen LogP contribution in [0.1, 0.15) is 17.2 Å². The van der Waals surface area contributed by atoms with Crippen molar-refractivity contribution in [3.8, 4) is 0 Å². The van der Waals surface area contributed by atoms with Crippen molar-refractivity contribution in [2.45, 2.75) is 12.1 Å². The van der Waals surface area contributed by atoms with Gasteiger partial charge in [0.15, 0.2) is 0 Å². The predicted octanol–water partition coefficient (Wildman–Crippen LogP) is 2.96. The van der Waals surface area contributed by atoms with Gasteiger partial charge >= 0.3 is 0 Å². The summed E-state index contributed by atoms with van der Waals surface area (Å²) in [4.78, 5) is 4.87. The quantitative estimate of drug-likeness (QED) is 0.547. The van der Waals surface area contributed by atoms with Gasteiger partial charge in [-0.15, -0.1) is 6.58 Å². The van der Waals surface area contributed by atoms with Crippen LogP contribution in [0, 0.1) is 0 Å². The molecule has 0 amide bonds. The molecular weight excluding hydrogens is 336 g/mol. The van der Waals surface area contributed by atoms with Gasteiger partial charge in [0.25, 0.3) is 0 Å². The lowest BCUT2D eigenvalue weighted by Gasteiger charge is -2.40. The number of rotatable bonds is 9. The largest absolute Gasteiger partial charge is 0.389 e. The minimum absolute atomic E-state index is 0.274. The molecule has 0 bridgehead atoms. The Labute approximate surface area is 162 Å². The molecule has 2 aromatic rings. The molecule has 0 saturated carbocycles. The van der Waals surface area contributed by atoms with Gasteiger partial charge in [0.1, 0.15) is 0 Å². The van der Waals surface area contributed by atoms with Gasteiger partial charge in [-0.3, -0.25) is 9.80 Å². The first-order valence-corrected chi connectivity index (χ1v) is 9.71. The van der Waals surface area contributed by atoms with E-state index in [1.165, 1.54) is 11.1 Å². The van der Waals surface area contributed by atoms with Crippen molar-refractivity contribution in [2.75, 3.05) is 45.9 Å². The standard InChI is InChI=1S/C23H30N2O2/c1-2-17-27-19-22(26)18-24-13-15-25(16-14-24)23(20-9-5-3-6-10-20)21-11-7-4-8-12-21/h2-12,22-23,26H,1,13-19H2. The van der Waals surface area contributed by atoms with E-state index in [0.717, 1.165) is 26.2 Å². The minimum atomic E-state index is -0.449. The Bertz CT molecular complexity index is 630. The number of β-amino-alcohol motifs (C(OH)–C–C–N with tert-alkyl or cyclic N) is 1. The maximum atomic E-state index is 10.1. The van der Waals surface area contributed by atoms with E-state index in [1.54, 1.807) is 6.08 Å². The number of hydrogen-bond acceptors (Lipinski definition) is 4. The summed E-state index contributed by atoms with van der Waals surface area (Å²) in [5.74, 6) is 0. The van der Waals surface area contributed by atoms with Crippen LogP contribution in [0.4, 0.5) is 0 Å². The topological polar surface area (TPSA) is 35.9 Å². The van der Waals surface area contributed by atoms with E-state index in [-0.39, 0.29) is 6.04 Å². The second kappa shape index (κ2) is 10.4. The average molecular weight is 367 g/mol. The van der Waals surface area contributed by atoms with Crippen molar-refractivity contribution in [3.63, 3.8) is 0 Å². The molecule has 1 fully saturated rings. The van der Waals surface area contributed by atoms with Crippen LogP contribution >= 0.6 is 0 Å². The summed E-state index contributed by atoms with van der Waals surface area (Å²) >= 11 is 0. The fourth-order valence-electron chi connectivity index (χ4n) is 3.73. The van der Waals surface area contributed by atoms with Gasteiger partial charge in [-0.2, -0.15) is 0 Å². The Morgan fingerprint density at radius 2 is 1.48 bits per heavy atom. The van der Waals surface area contributed by atoms with Crippen LogP contribution in [-0.4, -0.2) is 66.9 Å². The zero-order valence-corrected chi connectivity index (χ0v) is 15.9. The Balaban J connectivity index is 1.61. The fraction of sp³-hybridized carbons (Fsp3) is 0.391. The first-order chi connectivity index (χ1) is 13.3. The number of aliphatic hydroxyl groups excluding tert-OH is 1. The molecule has 2 aromatic carbocycles. The molecular formula is C23H30N2O2. The highest BCUT2D eigenvalue weighted by atomic mass is 16.5. The second-order valence-corrected chi connectivity index (χ2v) is 7.04. The Morgan fingerprint density at radius 1 is 0.926 bits per heavy atom. The van der Waals surface area contributed by atoms with Gasteiger partial charge in [0, 0.05) is 32.7 Å². The van der Waals surface area contributed by atoms with E-state index in [4.69, 9.17) is 4.74 Å². The number of piperazine rings is 1. The molecule has 1 heterocycles. The molecule has 0 aromatic heterocycles. The summed E-state index contributed by atoms with van der Waals surface area (Å²) in [6, 6.07) is 21.7. The van der Waals surface area contributed by atoms with Crippen LogP contribution < -0.4 is 0 Å². The van der Waals surface area contributed by atoms with Gasteiger partial charge in [-0.1, -0.05) is 66.7 Å². The molecule has 144 valence electrons. The summed E-state index contributed by atoms with van der Waals surface area (Å²) in [5.41, 5.74) is 2.66. The number of benzene rings is 2. The maximum Gasteiger partial charge on any atom is 0.0900 e. The zero-order valence-electron chi connectivity index (χ0n) is 15.9. The van der Waals surface area contributed by atoms with E-state index in [2.05, 4.69) is 77.0 Å². The van der Waals surface area contributed by atoms with E-state index < -0.39 is 6.10 Å². The molecule has 0 spiro atoms. The molecule has 1 atom stereocenters. The lowest BCUT2D eigenvalue weighted by molar-refractivity contribution is 0.0120. The lowest BCUT2D eigenvalue weighted by Crippen LogP contribution is -2.50. The molecule has 4 heteroatoms. The molecule has 1 aliphatic rings. The van der Waals surface area contributed by atoms with Gasteiger partial charge < -0.3 is 9.84 Å². The van der Waals surface area contributed by atoms with E-state index in [0.29, 0.717) is 19.8 Å². The van der Waals surface area contributed by atoms with Crippen molar-refractivity contribution in [1.82, 2.24) is 9.80 Å². The van der Waals surface area contributed by atoms with Crippen LogP contribution in [0.2, 0.25) is 0 Å². The maximum absolute atomic E-state index is 10.1. The van der Waals surface area contributed by atoms with E-state index in [9.17, 15) is 5.11 Å². The predicted molar refractivity (Wildman–Crippen MR) is 110 cm³/mol. The number of nitrogens with zero attached hydrogens (tertiary/aromatic N) is 2. The number of hydrogen-bond donors (Lipinski definition) is 1. The third-order valence-electron chi connectivity index (χ3n) is 5.02. The van der Waals surface area contributed by atoms with Crippen molar-refractivity contribution in [3.05, 3.63) is 84.4 Å². The highest BCUT2D eigenvalue weighted by molar-refractivity contribution is 5.31. The number of ether oxygens (including phenoxy) is 1. The first-order valence-electron chi connectivity index (χ1n) is 9.71. The van der Waals surface area contributed by atoms with Crippen LogP contribution in [-0.2, 0) is 4.74 Å². The summed E-state index contributed by atoms with van der Waals surface area (Å²) in [5, 5.41) is 10.1. The van der Waals surface area contributed by atoms with Gasteiger partial charge in [0.2, 0.25) is 0 Å². The van der Waals surface area contributed by atoms with Gasteiger partial charge in [0.05, 0.1) is 25.4 Å². The highest BCUT2D eigenvalue weighted by Crippen LogP contribution is 2.29. The fourth-order valence-corrected chi connectivity index (χ4v) is 3.73. The van der Waals surface area contributed by atoms with Crippen LogP contribution in [0.3, 0.4) is 0 Å². The highest BCUT2D eigenvalue weighted by Gasteiger charge is 2.26. The number of aliphatic hydroxyl groups is 1. The molecule has 0 aliphatic carbocycles. The SMILES string of the molecule is C=CCOCC(O)CN1CCN(C(c2ccccc2)c2ccccc2)CC1.